The van der Waals surface area contributed by atoms with E-state index in [9.17, 15) is 4.39 Å². The predicted octanol–water partition coefficient (Wildman–Crippen LogP) is 4.79. The van der Waals surface area contributed by atoms with Gasteiger partial charge in [0.25, 0.3) is 6.01 Å². The van der Waals surface area contributed by atoms with Crippen molar-refractivity contribution in [3.8, 4) is 11.5 Å². The molecule has 7 heteroatoms. The molecule has 0 amide bonds. The minimum atomic E-state index is -0.309. The van der Waals surface area contributed by atoms with Crippen molar-refractivity contribution >= 4 is 17.1 Å². The van der Waals surface area contributed by atoms with Crippen molar-refractivity contribution in [3.63, 3.8) is 0 Å². The zero-order chi connectivity index (χ0) is 19.4. The van der Waals surface area contributed by atoms with Crippen LogP contribution in [0.15, 0.2) is 57.4 Å². The van der Waals surface area contributed by atoms with Gasteiger partial charge in [-0.3, -0.25) is 0 Å². The summed E-state index contributed by atoms with van der Waals surface area (Å²) in [6.07, 6.45) is 3.13. The Labute approximate surface area is 166 Å². The van der Waals surface area contributed by atoms with Gasteiger partial charge in [-0.15, -0.1) is 10.2 Å². The molecule has 0 bridgehead atoms. The molecule has 6 rings (SSSR count). The molecule has 1 saturated carbocycles. The highest BCUT2D eigenvalue weighted by Gasteiger charge is 2.58. The van der Waals surface area contributed by atoms with Gasteiger partial charge in [-0.25, -0.2) is 4.39 Å². The van der Waals surface area contributed by atoms with Gasteiger partial charge in [-0.1, -0.05) is 18.2 Å². The number of hydrogen-bond acceptors (Lipinski definition) is 6. The van der Waals surface area contributed by atoms with Gasteiger partial charge in [0.15, 0.2) is 5.58 Å². The number of nitrogens with zero attached hydrogens (tertiary/aromatic N) is 4. The molecule has 1 saturated heterocycles. The molecule has 1 spiro atoms. The summed E-state index contributed by atoms with van der Waals surface area (Å²) in [4.78, 5) is 6.83. The Morgan fingerprint density at radius 3 is 2.69 bits per heavy atom. The van der Waals surface area contributed by atoms with E-state index in [1.54, 1.807) is 12.1 Å². The molecular weight excluding hydrogens is 371 g/mol. The smallest absolute Gasteiger partial charge is 0.298 e. The highest BCUT2D eigenvalue weighted by molar-refractivity contribution is 5.74. The van der Waals surface area contributed by atoms with Gasteiger partial charge in [0, 0.05) is 24.6 Å². The van der Waals surface area contributed by atoms with E-state index in [1.165, 1.54) is 12.1 Å². The van der Waals surface area contributed by atoms with Crippen molar-refractivity contribution in [1.82, 2.24) is 15.2 Å². The van der Waals surface area contributed by atoms with Crippen LogP contribution in [0, 0.1) is 11.2 Å². The summed E-state index contributed by atoms with van der Waals surface area (Å²) in [5.41, 5.74) is 2.55. The predicted molar refractivity (Wildman–Crippen MR) is 105 cm³/mol. The minimum absolute atomic E-state index is 0.217. The van der Waals surface area contributed by atoms with Crippen LogP contribution in [-0.2, 0) is 0 Å². The molecular formula is C22H19FN4O2. The summed E-state index contributed by atoms with van der Waals surface area (Å²) in [6, 6.07) is 14.8. The molecule has 29 heavy (non-hydrogen) atoms. The first kappa shape index (κ1) is 16.7. The number of benzene rings is 2. The molecule has 0 N–H and O–H groups in total. The largest absolute Gasteiger partial charge is 0.423 e. The lowest BCUT2D eigenvalue weighted by molar-refractivity contribution is 0.344. The Morgan fingerprint density at radius 1 is 1.00 bits per heavy atom. The van der Waals surface area contributed by atoms with Crippen LogP contribution in [-0.4, -0.2) is 28.3 Å². The average Bonchev–Trinajstić information content (AvgIpc) is 3.12. The summed E-state index contributed by atoms with van der Waals surface area (Å²) in [5, 5.41) is 8.39. The number of anilines is 1. The standard InChI is InChI=1S/C22H19FN4O2/c23-15-5-3-4-14(12-15)19-25-26-20(29-19)16-13-22(16)8-10-27(11-9-22)21-24-17-6-1-2-7-18(17)28-21/h1-7,12,16H,8-11,13H2/t16-/m0/s1. The van der Waals surface area contributed by atoms with E-state index in [2.05, 4.69) is 20.1 Å². The fourth-order valence-electron chi connectivity index (χ4n) is 4.50. The summed E-state index contributed by atoms with van der Waals surface area (Å²) >= 11 is 0. The maximum atomic E-state index is 13.5. The first-order valence-electron chi connectivity index (χ1n) is 9.90. The number of aromatic nitrogens is 3. The first-order valence-corrected chi connectivity index (χ1v) is 9.90. The summed E-state index contributed by atoms with van der Waals surface area (Å²) < 4.78 is 25.3. The molecule has 2 aromatic carbocycles. The maximum absolute atomic E-state index is 13.5. The number of oxazole rings is 1. The van der Waals surface area contributed by atoms with Crippen molar-refractivity contribution in [1.29, 1.82) is 0 Å². The molecule has 1 aliphatic carbocycles. The molecule has 1 atom stereocenters. The number of fused-ring (bicyclic) bond motifs is 1. The Balaban J connectivity index is 1.16. The normalized spacial score (nSPS) is 20.4. The number of piperidine rings is 1. The van der Waals surface area contributed by atoms with E-state index >= 15 is 0 Å². The van der Waals surface area contributed by atoms with Crippen LogP contribution >= 0.6 is 0 Å². The molecule has 4 aromatic rings. The van der Waals surface area contributed by atoms with E-state index < -0.39 is 0 Å². The quantitative estimate of drug-likeness (QED) is 0.501. The highest BCUT2D eigenvalue weighted by atomic mass is 19.1. The van der Waals surface area contributed by atoms with Crippen LogP contribution in [0.25, 0.3) is 22.6 Å². The lowest BCUT2D eigenvalue weighted by atomic mass is 9.91. The van der Waals surface area contributed by atoms with Crippen molar-refractivity contribution in [2.75, 3.05) is 18.0 Å². The lowest BCUT2D eigenvalue weighted by Gasteiger charge is -2.31. The molecule has 3 heterocycles. The summed E-state index contributed by atoms with van der Waals surface area (Å²) in [6.45, 7) is 1.79. The van der Waals surface area contributed by atoms with E-state index in [0.29, 0.717) is 23.4 Å². The second-order valence-electron chi connectivity index (χ2n) is 8.03. The molecule has 2 fully saturated rings. The van der Waals surface area contributed by atoms with Crippen LogP contribution in [0.3, 0.4) is 0 Å². The summed E-state index contributed by atoms with van der Waals surface area (Å²) in [7, 11) is 0. The van der Waals surface area contributed by atoms with Crippen LogP contribution in [0.5, 0.6) is 0 Å². The SMILES string of the molecule is Fc1cccc(-c2nnc([C@@H]3CC34CCN(c3nc5ccccc5o3)CC4)o2)c1. The summed E-state index contributed by atoms with van der Waals surface area (Å²) in [5.74, 6) is 1.02. The van der Waals surface area contributed by atoms with Gasteiger partial charge in [0.2, 0.25) is 11.8 Å². The Hall–Kier alpha value is -3.22. The van der Waals surface area contributed by atoms with E-state index in [1.807, 2.05) is 24.3 Å². The van der Waals surface area contributed by atoms with Gasteiger partial charge >= 0.3 is 0 Å². The van der Waals surface area contributed by atoms with Crippen LogP contribution in [0.4, 0.5) is 10.4 Å². The number of rotatable bonds is 3. The Kier molecular flexibility index (Phi) is 3.54. The fraction of sp³-hybridized carbons (Fsp3) is 0.318. The molecule has 146 valence electrons. The minimum Gasteiger partial charge on any atom is -0.423 e. The highest BCUT2D eigenvalue weighted by Crippen LogP contribution is 2.64. The van der Waals surface area contributed by atoms with Crippen molar-refractivity contribution in [2.24, 2.45) is 5.41 Å². The molecule has 1 aliphatic heterocycles. The molecule has 0 unspecified atom stereocenters. The monoisotopic (exact) mass is 390 g/mol. The molecule has 2 aliphatic rings. The third-order valence-corrected chi connectivity index (χ3v) is 6.31. The zero-order valence-electron chi connectivity index (χ0n) is 15.7. The topological polar surface area (TPSA) is 68.2 Å². The van der Waals surface area contributed by atoms with Crippen LogP contribution < -0.4 is 4.90 Å². The molecule has 0 radical (unpaired) electrons. The van der Waals surface area contributed by atoms with Crippen LogP contribution in [0.2, 0.25) is 0 Å². The molecule has 6 nitrogen and oxygen atoms in total. The third kappa shape index (κ3) is 2.80. The average molecular weight is 390 g/mol. The zero-order valence-corrected chi connectivity index (χ0v) is 15.7. The Morgan fingerprint density at radius 2 is 1.86 bits per heavy atom. The number of halogens is 1. The third-order valence-electron chi connectivity index (χ3n) is 6.31. The van der Waals surface area contributed by atoms with Crippen molar-refractivity contribution in [3.05, 3.63) is 60.2 Å². The van der Waals surface area contributed by atoms with Crippen molar-refractivity contribution < 1.29 is 13.2 Å². The van der Waals surface area contributed by atoms with Gasteiger partial charge < -0.3 is 13.7 Å². The second kappa shape index (κ2) is 6.14. The van der Waals surface area contributed by atoms with E-state index in [4.69, 9.17) is 8.83 Å². The van der Waals surface area contributed by atoms with Gasteiger partial charge in [0.1, 0.15) is 11.3 Å². The Bertz CT molecular complexity index is 1160. The maximum Gasteiger partial charge on any atom is 0.298 e. The van der Waals surface area contributed by atoms with Crippen molar-refractivity contribution in [2.45, 2.75) is 25.2 Å². The second-order valence-corrected chi connectivity index (χ2v) is 8.03. The van der Waals surface area contributed by atoms with Gasteiger partial charge in [-0.2, -0.15) is 4.98 Å². The number of hydrogen-bond donors (Lipinski definition) is 0. The number of para-hydroxylation sites is 2. The van der Waals surface area contributed by atoms with Crippen LogP contribution in [0.1, 0.15) is 31.1 Å². The lowest BCUT2D eigenvalue weighted by Crippen LogP contribution is -2.35. The van der Waals surface area contributed by atoms with E-state index in [0.717, 1.165) is 43.5 Å². The fourth-order valence-corrected chi connectivity index (χ4v) is 4.50. The first-order chi connectivity index (χ1) is 14.2. The molecule has 2 aromatic heterocycles. The van der Waals surface area contributed by atoms with Gasteiger partial charge in [0.05, 0.1) is 0 Å². The van der Waals surface area contributed by atoms with Gasteiger partial charge in [-0.05, 0) is 55.0 Å². The van der Waals surface area contributed by atoms with E-state index in [-0.39, 0.29) is 17.2 Å².